The molecule has 16 nitrogen and oxygen atoms in total. The first-order chi connectivity index (χ1) is 43.2. The van der Waals surface area contributed by atoms with Gasteiger partial charge in [-0.25, -0.2) is 0 Å². The molecule has 19 heteroatoms. The zero-order chi connectivity index (χ0) is 61.9. The fraction of sp³-hybridized carbons (Fsp3) is 0.100. The number of hydrogen-bond acceptors (Lipinski definition) is 19. The van der Waals surface area contributed by atoms with Gasteiger partial charge in [0.15, 0.2) is 17.3 Å². The Morgan fingerprint density at radius 2 is 0.775 bits per heavy atom. The summed E-state index contributed by atoms with van der Waals surface area (Å²) in [4.78, 5) is 109. The van der Waals surface area contributed by atoms with Crippen molar-refractivity contribution in [2.24, 2.45) is 0 Å². The van der Waals surface area contributed by atoms with Gasteiger partial charge in [-0.1, -0.05) is 121 Å². The number of aliphatic hydroxyl groups is 1. The van der Waals surface area contributed by atoms with Crippen LogP contribution in [0.5, 0.6) is 0 Å². The van der Waals surface area contributed by atoms with E-state index in [1.165, 1.54) is 48.6 Å². The fourth-order valence-corrected chi connectivity index (χ4v) is 15.8. The lowest BCUT2D eigenvalue weighted by Crippen LogP contribution is -2.50. The van der Waals surface area contributed by atoms with Gasteiger partial charge in [0.2, 0.25) is 10.8 Å². The normalized spacial score (nSPS) is 15.2. The topological polar surface area (TPSA) is 272 Å². The summed E-state index contributed by atoms with van der Waals surface area (Å²) in [7, 11) is 0. The van der Waals surface area contributed by atoms with E-state index in [-0.39, 0.29) is 134 Å². The van der Waals surface area contributed by atoms with E-state index < -0.39 is 58.2 Å². The summed E-state index contributed by atoms with van der Waals surface area (Å²) in [6, 6.07) is 50.0. The summed E-state index contributed by atoms with van der Waals surface area (Å²) in [5.41, 5.74) is -4.74. The summed E-state index contributed by atoms with van der Waals surface area (Å²) < 4.78 is 25.2. The van der Waals surface area contributed by atoms with Gasteiger partial charge in [-0.3, -0.25) is 33.6 Å². The lowest BCUT2D eigenvalue weighted by atomic mass is 9.70. The van der Waals surface area contributed by atoms with E-state index in [9.17, 15) is 40.5 Å². The number of esters is 4. The number of rotatable bonds is 14. The Labute approximate surface area is 517 Å². The molecule has 0 fully saturated rings. The second-order valence-electron chi connectivity index (χ2n) is 21.0. The Balaban J connectivity index is 1.07. The highest BCUT2D eigenvalue weighted by molar-refractivity contribution is 7.28. The van der Waals surface area contributed by atoms with Crippen LogP contribution in [0.3, 0.4) is 0 Å². The minimum absolute atomic E-state index is 0.00688. The Morgan fingerprint density at radius 3 is 1.13 bits per heavy atom. The zero-order valence-electron chi connectivity index (χ0n) is 46.0. The highest BCUT2D eigenvalue weighted by Gasteiger charge is 2.69. The number of ether oxygens (including phenoxy) is 4. The number of nitriles is 4. The number of Topliss-reactive ketones (excluding diaryl/α,β-unsaturated/α-hetero) is 3. The second-order valence-corrected chi connectivity index (χ2v) is 24.2. The van der Waals surface area contributed by atoms with Gasteiger partial charge in [-0.15, -0.1) is 34.0 Å². The highest BCUT2D eigenvalue weighted by atomic mass is 32.1. The summed E-state index contributed by atoms with van der Waals surface area (Å²) >= 11 is 3.00. The molecular formula is C70H38N4O12S3. The summed E-state index contributed by atoms with van der Waals surface area (Å²) in [5, 5.41) is 51.2. The molecule has 6 aromatic carbocycles. The molecule has 4 aliphatic rings. The van der Waals surface area contributed by atoms with Crippen LogP contribution in [0.15, 0.2) is 169 Å². The van der Waals surface area contributed by atoms with Crippen LogP contribution in [0.25, 0.3) is 31.7 Å². The van der Waals surface area contributed by atoms with Gasteiger partial charge in [0, 0.05) is 54.3 Å². The van der Waals surface area contributed by atoms with E-state index in [1.807, 2.05) is 24.3 Å². The minimum atomic E-state index is -2.73. The molecule has 0 bridgehead atoms. The summed E-state index contributed by atoms with van der Waals surface area (Å²) in [5.74, 6) is -6.90. The third-order valence-corrected chi connectivity index (χ3v) is 19.6. The van der Waals surface area contributed by atoms with Crippen molar-refractivity contribution in [2.45, 2.75) is 43.4 Å². The first-order valence-corrected chi connectivity index (χ1v) is 29.7. The minimum Gasteiger partial charge on any atom is -0.459 e. The molecule has 13 rings (SSSR count). The van der Waals surface area contributed by atoms with Crippen molar-refractivity contribution in [3.05, 3.63) is 268 Å². The van der Waals surface area contributed by atoms with Crippen LogP contribution in [0.1, 0.15) is 119 Å². The molecule has 0 amide bonds. The van der Waals surface area contributed by atoms with Crippen LogP contribution in [-0.4, -0.2) is 46.3 Å². The molecule has 0 aliphatic heterocycles. The van der Waals surface area contributed by atoms with E-state index in [2.05, 4.69) is 0 Å². The van der Waals surface area contributed by atoms with Crippen LogP contribution >= 0.6 is 34.0 Å². The average molecular weight is 1220 g/mol. The molecule has 9 aromatic rings. The molecule has 3 aromatic heterocycles. The summed E-state index contributed by atoms with van der Waals surface area (Å²) in [6.07, 6.45) is 1.11. The van der Waals surface area contributed by atoms with Gasteiger partial charge in [0.05, 0.1) is 47.3 Å². The lowest BCUT2D eigenvalue weighted by Gasteiger charge is -2.32. The number of ketones is 3. The Hall–Kier alpha value is -11.3. The smallest absolute Gasteiger partial charge is 0.333 e. The average Bonchev–Trinajstić information content (AvgIpc) is 1.49. The van der Waals surface area contributed by atoms with E-state index in [4.69, 9.17) is 18.9 Å². The van der Waals surface area contributed by atoms with Gasteiger partial charge in [-0.05, 0) is 76.4 Å². The first kappa shape index (κ1) is 56.8. The largest absolute Gasteiger partial charge is 0.459 e. The van der Waals surface area contributed by atoms with Crippen molar-refractivity contribution in [3.8, 4) is 43.8 Å². The Morgan fingerprint density at radius 1 is 0.438 bits per heavy atom. The van der Waals surface area contributed by atoms with Crippen LogP contribution in [0, 0.1) is 45.3 Å². The number of carbonyl (C=O) groups is 7. The number of thiophene rings is 3. The molecular weight excluding hydrogens is 1180 g/mol. The number of hydrogen-bond donors (Lipinski definition) is 1. The third-order valence-electron chi connectivity index (χ3n) is 15.9. The van der Waals surface area contributed by atoms with E-state index in [0.717, 1.165) is 34.0 Å². The zero-order valence-corrected chi connectivity index (χ0v) is 48.5. The van der Waals surface area contributed by atoms with Crippen molar-refractivity contribution >= 4 is 87.4 Å². The maximum Gasteiger partial charge on any atom is 0.333 e. The number of aliphatic hydroxyl groups excluding tert-OH is 1. The monoisotopic (exact) mass is 1220 g/mol. The molecule has 3 heterocycles. The van der Waals surface area contributed by atoms with Crippen molar-refractivity contribution in [2.75, 3.05) is 0 Å². The van der Waals surface area contributed by atoms with Crippen LogP contribution in [0.2, 0.25) is 0 Å². The SMILES string of the molecule is N#Cc1cc2c(cc1C#N)C(=O)C(=Cc1cc3c(s1)-c1sc4c(c1C3(C(=O)OCc1ccccc1)C(=O)OCc1ccccc1)C(C(=O)OCc1ccccc1)(C(=O)OCc1ccccc1)c1cc(/C=C3\C(=O)c5cc(C#N)c(C#N)cc5C3O)sc1-4)C2=O. The van der Waals surface area contributed by atoms with E-state index >= 15 is 19.2 Å². The van der Waals surface area contributed by atoms with Crippen molar-refractivity contribution in [1.82, 2.24) is 0 Å². The Kier molecular flexibility index (Phi) is 14.4. The predicted molar refractivity (Wildman–Crippen MR) is 323 cm³/mol. The number of carbonyl (C=O) groups excluding carboxylic acids is 7. The molecule has 0 saturated heterocycles. The fourth-order valence-electron chi connectivity index (χ4n) is 11.7. The van der Waals surface area contributed by atoms with Crippen molar-refractivity contribution in [3.63, 3.8) is 0 Å². The molecule has 1 N–H and O–H groups in total. The van der Waals surface area contributed by atoms with Gasteiger partial charge in [0.25, 0.3) is 0 Å². The third kappa shape index (κ3) is 9.12. The first-order valence-electron chi connectivity index (χ1n) is 27.3. The number of benzene rings is 6. The van der Waals surface area contributed by atoms with E-state index in [1.54, 1.807) is 121 Å². The number of nitrogens with zero attached hydrogens (tertiary/aromatic N) is 4. The predicted octanol–water partition coefficient (Wildman–Crippen LogP) is 11.6. The molecule has 0 radical (unpaired) electrons. The molecule has 89 heavy (non-hydrogen) atoms. The molecule has 0 spiro atoms. The summed E-state index contributed by atoms with van der Waals surface area (Å²) in [6.45, 7) is -1.54. The molecule has 1 atom stereocenters. The van der Waals surface area contributed by atoms with Gasteiger partial charge < -0.3 is 24.1 Å². The standard InChI is InChI=1S/C70H38N4O12S3/c71-29-41-21-47-48(22-42(41)30-72)58(76)51(57(47)75)25-45-27-53-61(87-45)63-55(69(53,65(79)83-33-37-13-5-1-6-14-37)66(80)84-34-38-15-7-2-8-16-38)56-64(89-63)62-54(28-46(88-62)26-52-59(77)49-23-43(31-73)44(32-74)24-50(49)60(52)78)70(56,67(81)85-35-39-17-9-3-10-18-39)68(82)86-36-40-19-11-4-12-20-40/h1-28,57,75H,33-36H2/b51-25-. The van der Waals surface area contributed by atoms with Crippen LogP contribution < -0.4 is 0 Å². The van der Waals surface area contributed by atoms with Crippen molar-refractivity contribution < 1.29 is 57.6 Å². The van der Waals surface area contributed by atoms with Crippen molar-refractivity contribution in [1.29, 1.82) is 21.0 Å². The number of allylic oxidation sites excluding steroid dienone is 1. The molecule has 0 saturated carbocycles. The molecule has 428 valence electrons. The Bertz CT molecular complexity index is 4670. The maximum absolute atomic E-state index is 16.2. The quantitative estimate of drug-likeness (QED) is 0.0348. The molecule has 4 aliphatic carbocycles. The lowest BCUT2D eigenvalue weighted by molar-refractivity contribution is -0.167. The van der Waals surface area contributed by atoms with Gasteiger partial charge in [-0.2, -0.15) is 21.0 Å². The van der Waals surface area contributed by atoms with Gasteiger partial charge >= 0.3 is 23.9 Å². The van der Waals surface area contributed by atoms with E-state index in [0.29, 0.717) is 22.3 Å². The van der Waals surface area contributed by atoms with Gasteiger partial charge in [0.1, 0.15) is 56.8 Å². The number of fused-ring (bicyclic) bond motifs is 9. The van der Waals surface area contributed by atoms with Crippen LogP contribution in [0.4, 0.5) is 0 Å². The highest BCUT2D eigenvalue weighted by Crippen LogP contribution is 2.68. The molecule has 1 unspecified atom stereocenters. The maximum atomic E-state index is 16.2. The second kappa shape index (κ2) is 22.5. The van der Waals surface area contributed by atoms with Crippen LogP contribution in [-0.2, 0) is 75.4 Å².